The van der Waals surface area contributed by atoms with Crippen LogP contribution in [0.25, 0.3) is 0 Å². The first-order chi connectivity index (χ1) is 8.24. The molecule has 1 rings (SSSR count). The molecule has 96 valence electrons. The highest BCUT2D eigenvalue weighted by molar-refractivity contribution is 5.82. The summed E-state index contributed by atoms with van der Waals surface area (Å²) >= 11 is 0. The molecule has 0 fully saturated rings. The number of carbonyl (C=O) groups excluding carboxylic acids is 1. The second-order valence-electron chi connectivity index (χ2n) is 3.53. The highest BCUT2D eigenvalue weighted by Crippen LogP contribution is 2.03. The molecule has 0 saturated carbocycles. The number of rotatable bonds is 4. The third-order valence-electron chi connectivity index (χ3n) is 2.18. The number of hydrogen-bond donors (Lipinski definition) is 2. The molecular formula is C14H24N2O. The first kappa shape index (κ1) is 15.7. The van der Waals surface area contributed by atoms with Crippen LogP contribution in [0.3, 0.4) is 0 Å². The molecule has 3 nitrogen and oxygen atoms in total. The lowest BCUT2D eigenvalue weighted by Gasteiger charge is -2.17. The van der Waals surface area contributed by atoms with E-state index < -0.39 is 0 Å². The predicted molar refractivity (Wildman–Crippen MR) is 72.9 cm³/mol. The van der Waals surface area contributed by atoms with Gasteiger partial charge in [0, 0.05) is 5.69 Å². The van der Waals surface area contributed by atoms with Gasteiger partial charge in [-0.1, -0.05) is 45.4 Å². The highest BCUT2D eigenvalue weighted by Gasteiger charge is 2.08. The Morgan fingerprint density at radius 3 is 2.41 bits per heavy atom. The van der Waals surface area contributed by atoms with Crippen molar-refractivity contribution in [3.63, 3.8) is 0 Å². The van der Waals surface area contributed by atoms with Gasteiger partial charge in [0.15, 0.2) is 0 Å². The molecule has 3 heteroatoms. The number of carbonyl (C=O) groups is 1. The highest BCUT2D eigenvalue weighted by atomic mass is 16.2. The SMILES string of the molecule is CC.[CH2-][NH+](CCCC)C(=O)Nc1ccccc1. The number of anilines is 1. The fourth-order valence-corrected chi connectivity index (χ4v) is 1.24. The van der Waals surface area contributed by atoms with Gasteiger partial charge in [-0.15, -0.1) is 7.05 Å². The number of urea groups is 1. The molecule has 0 spiro atoms. The summed E-state index contributed by atoms with van der Waals surface area (Å²) in [6.07, 6.45) is 2.10. The molecular weight excluding hydrogens is 212 g/mol. The first-order valence-electron chi connectivity index (χ1n) is 6.28. The fraction of sp³-hybridized carbons (Fsp3) is 0.429. The summed E-state index contributed by atoms with van der Waals surface area (Å²) in [5.41, 5.74) is 0.820. The summed E-state index contributed by atoms with van der Waals surface area (Å²) in [7, 11) is 3.78. The van der Waals surface area contributed by atoms with Gasteiger partial charge < -0.3 is 4.90 Å². The lowest BCUT2D eigenvalue weighted by atomic mass is 10.3. The molecule has 0 aliphatic rings. The van der Waals surface area contributed by atoms with Gasteiger partial charge in [-0.3, -0.25) is 5.32 Å². The Labute approximate surface area is 105 Å². The van der Waals surface area contributed by atoms with E-state index in [4.69, 9.17) is 0 Å². The van der Waals surface area contributed by atoms with Gasteiger partial charge in [0.1, 0.15) is 0 Å². The number of unbranched alkanes of at least 4 members (excludes halogenated alkanes) is 1. The van der Waals surface area contributed by atoms with E-state index in [9.17, 15) is 4.79 Å². The molecule has 0 aliphatic heterocycles. The molecule has 17 heavy (non-hydrogen) atoms. The zero-order valence-corrected chi connectivity index (χ0v) is 11.1. The van der Waals surface area contributed by atoms with Crippen LogP contribution in [0.4, 0.5) is 10.5 Å². The Morgan fingerprint density at radius 2 is 1.88 bits per heavy atom. The Morgan fingerprint density at radius 1 is 1.29 bits per heavy atom. The number of benzene rings is 1. The van der Waals surface area contributed by atoms with Crippen molar-refractivity contribution in [2.75, 3.05) is 11.9 Å². The van der Waals surface area contributed by atoms with E-state index in [1.54, 1.807) is 0 Å². The molecule has 1 atom stereocenters. The number of para-hydroxylation sites is 1. The van der Waals surface area contributed by atoms with E-state index in [0.29, 0.717) is 4.90 Å². The van der Waals surface area contributed by atoms with E-state index in [2.05, 4.69) is 19.3 Å². The van der Waals surface area contributed by atoms with Crippen molar-refractivity contribution >= 4 is 11.7 Å². The van der Waals surface area contributed by atoms with Gasteiger partial charge in [-0.2, -0.15) is 0 Å². The van der Waals surface area contributed by atoms with Gasteiger partial charge in [0.2, 0.25) is 0 Å². The molecule has 0 radical (unpaired) electrons. The molecule has 0 heterocycles. The zero-order valence-electron chi connectivity index (χ0n) is 11.1. The average molecular weight is 236 g/mol. The van der Waals surface area contributed by atoms with E-state index >= 15 is 0 Å². The number of quaternary nitrogens is 1. The van der Waals surface area contributed by atoms with Crippen LogP contribution < -0.4 is 10.2 Å². The summed E-state index contributed by atoms with van der Waals surface area (Å²) in [5, 5.41) is 2.81. The Balaban J connectivity index is 0.00000121. The van der Waals surface area contributed by atoms with Crippen molar-refractivity contribution in [3.05, 3.63) is 37.4 Å². The van der Waals surface area contributed by atoms with E-state index in [1.807, 2.05) is 44.2 Å². The molecule has 0 aliphatic carbocycles. The van der Waals surface area contributed by atoms with Crippen LogP contribution >= 0.6 is 0 Å². The van der Waals surface area contributed by atoms with E-state index in [1.165, 1.54) is 0 Å². The normalized spacial score (nSPS) is 11.1. The predicted octanol–water partition coefficient (Wildman–Crippen LogP) is 2.72. The topological polar surface area (TPSA) is 33.5 Å². The zero-order chi connectivity index (χ0) is 13.1. The Bertz CT molecular complexity index is 298. The molecule has 1 unspecified atom stereocenters. The second-order valence-corrected chi connectivity index (χ2v) is 3.53. The Kier molecular flexibility index (Phi) is 9.06. The lowest BCUT2D eigenvalue weighted by molar-refractivity contribution is -0.762. The second kappa shape index (κ2) is 9.85. The summed E-state index contributed by atoms with van der Waals surface area (Å²) in [6.45, 7) is 6.87. The number of hydrogen-bond acceptors (Lipinski definition) is 1. The van der Waals surface area contributed by atoms with Crippen LogP contribution in [0.15, 0.2) is 30.3 Å². The van der Waals surface area contributed by atoms with E-state index in [0.717, 1.165) is 25.1 Å². The van der Waals surface area contributed by atoms with Crippen molar-refractivity contribution < 1.29 is 9.69 Å². The molecule has 1 aromatic carbocycles. The van der Waals surface area contributed by atoms with Gasteiger partial charge >= 0.3 is 6.03 Å². The maximum absolute atomic E-state index is 11.6. The van der Waals surface area contributed by atoms with Crippen molar-refractivity contribution in [3.8, 4) is 0 Å². The molecule has 0 bridgehead atoms. The number of nitrogens with one attached hydrogen (secondary N) is 2. The Hall–Kier alpha value is -1.35. The standard InChI is InChI=1S/C12H18N2O.C2H6/c1-3-4-10-14(2)12(15)13-11-8-6-5-7-9-11;1-2/h5-9,14H,2-4,10H2,1H3,(H,13,15);1-2H3. The molecule has 0 aromatic heterocycles. The number of amides is 2. The summed E-state index contributed by atoms with van der Waals surface area (Å²) in [4.78, 5) is 12.3. The van der Waals surface area contributed by atoms with Crippen LogP contribution in [0, 0.1) is 7.05 Å². The van der Waals surface area contributed by atoms with E-state index in [-0.39, 0.29) is 6.03 Å². The minimum Gasteiger partial charge on any atom is -0.384 e. The maximum Gasteiger partial charge on any atom is 0.392 e. The minimum absolute atomic E-state index is 0.0744. The van der Waals surface area contributed by atoms with Gasteiger partial charge in [-0.05, 0) is 18.6 Å². The van der Waals surface area contributed by atoms with Crippen molar-refractivity contribution in [1.82, 2.24) is 0 Å². The molecule has 0 saturated heterocycles. The molecule has 2 amide bonds. The monoisotopic (exact) mass is 236 g/mol. The van der Waals surface area contributed by atoms with Gasteiger partial charge in [-0.25, -0.2) is 4.79 Å². The van der Waals surface area contributed by atoms with Gasteiger partial charge in [0.25, 0.3) is 0 Å². The third-order valence-corrected chi connectivity index (χ3v) is 2.18. The fourth-order valence-electron chi connectivity index (χ4n) is 1.24. The largest absolute Gasteiger partial charge is 0.392 e. The quantitative estimate of drug-likeness (QED) is 0.774. The molecule has 1 aromatic rings. The van der Waals surface area contributed by atoms with Crippen LogP contribution in [-0.4, -0.2) is 12.6 Å². The van der Waals surface area contributed by atoms with Crippen molar-refractivity contribution in [2.45, 2.75) is 33.6 Å². The lowest BCUT2D eigenvalue weighted by Crippen LogP contribution is -3.10. The van der Waals surface area contributed by atoms with Gasteiger partial charge in [0.05, 0.1) is 6.54 Å². The summed E-state index contributed by atoms with van der Waals surface area (Å²) < 4.78 is 0. The van der Waals surface area contributed by atoms with Crippen LogP contribution in [0.5, 0.6) is 0 Å². The van der Waals surface area contributed by atoms with Crippen LogP contribution in [-0.2, 0) is 0 Å². The van der Waals surface area contributed by atoms with Crippen molar-refractivity contribution in [2.24, 2.45) is 0 Å². The summed E-state index contributed by atoms with van der Waals surface area (Å²) in [5.74, 6) is 0. The van der Waals surface area contributed by atoms with Crippen molar-refractivity contribution in [1.29, 1.82) is 0 Å². The van der Waals surface area contributed by atoms with Crippen LogP contribution in [0.2, 0.25) is 0 Å². The smallest absolute Gasteiger partial charge is 0.384 e. The average Bonchev–Trinajstić information content (AvgIpc) is 2.39. The first-order valence-corrected chi connectivity index (χ1v) is 6.28. The summed E-state index contributed by atoms with van der Waals surface area (Å²) in [6, 6.07) is 9.36. The third kappa shape index (κ3) is 6.74. The van der Waals surface area contributed by atoms with Crippen LogP contribution in [0.1, 0.15) is 33.6 Å². The minimum atomic E-state index is -0.0744. The maximum atomic E-state index is 11.6. The molecule has 2 N–H and O–H groups in total.